The van der Waals surface area contributed by atoms with Crippen LogP contribution in [0.5, 0.6) is 0 Å². The zero-order valence-electron chi connectivity index (χ0n) is 11.5. The maximum absolute atomic E-state index is 12.1. The molecule has 3 aromatic rings. The molecule has 3 rings (SSSR count). The summed E-state index contributed by atoms with van der Waals surface area (Å²) in [6.07, 6.45) is 1.85. The summed E-state index contributed by atoms with van der Waals surface area (Å²) in [6.45, 7) is 2.02. The van der Waals surface area contributed by atoms with Crippen molar-refractivity contribution < 1.29 is 9.53 Å². The minimum absolute atomic E-state index is 0.313. The molecule has 0 radical (unpaired) electrons. The first-order valence-electron chi connectivity index (χ1n) is 6.47. The van der Waals surface area contributed by atoms with Crippen molar-refractivity contribution in [3.8, 4) is 11.1 Å². The normalized spacial score (nSPS) is 10.7. The second-order valence-corrected chi connectivity index (χ2v) is 4.70. The van der Waals surface area contributed by atoms with Crippen LogP contribution in [0, 0.1) is 6.92 Å². The van der Waals surface area contributed by atoms with E-state index in [1.165, 1.54) is 7.11 Å². The van der Waals surface area contributed by atoms with Gasteiger partial charge in [-0.05, 0) is 24.6 Å². The first kappa shape index (κ1) is 12.5. The smallest absolute Gasteiger partial charge is 0.340 e. The van der Waals surface area contributed by atoms with Gasteiger partial charge in [0, 0.05) is 17.5 Å². The number of nitrogens with zero attached hydrogens (tertiary/aromatic N) is 1. The van der Waals surface area contributed by atoms with Gasteiger partial charge in [0.1, 0.15) is 0 Å². The Hall–Kier alpha value is -2.55. The number of esters is 1. The Morgan fingerprint density at radius 2 is 1.80 bits per heavy atom. The van der Waals surface area contributed by atoms with E-state index in [-0.39, 0.29) is 5.97 Å². The van der Waals surface area contributed by atoms with Gasteiger partial charge in [0.2, 0.25) is 0 Å². The minimum Gasteiger partial charge on any atom is -0.465 e. The number of rotatable bonds is 2. The van der Waals surface area contributed by atoms with E-state index in [1.807, 2.05) is 66.1 Å². The molecule has 3 nitrogen and oxygen atoms in total. The minimum atomic E-state index is -0.313. The van der Waals surface area contributed by atoms with Crippen LogP contribution >= 0.6 is 0 Å². The highest BCUT2D eigenvalue weighted by atomic mass is 16.5. The molecular weight excluding hydrogens is 250 g/mol. The highest BCUT2D eigenvalue weighted by molar-refractivity contribution is 6.02. The number of pyridine rings is 1. The largest absolute Gasteiger partial charge is 0.465 e. The lowest BCUT2D eigenvalue weighted by atomic mass is 10.0. The molecule has 0 spiro atoms. The number of hydrogen-bond donors (Lipinski definition) is 0. The van der Waals surface area contributed by atoms with E-state index in [0.29, 0.717) is 5.56 Å². The number of benzene rings is 1. The molecule has 0 N–H and O–H groups in total. The zero-order chi connectivity index (χ0) is 14.1. The maximum Gasteiger partial charge on any atom is 0.340 e. The summed E-state index contributed by atoms with van der Waals surface area (Å²) in [6, 6.07) is 15.9. The molecule has 0 fully saturated rings. The number of methoxy groups -OCH3 is 1. The molecule has 20 heavy (non-hydrogen) atoms. The average Bonchev–Trinajstić information content (AvgIpc) is 2.88. The van der Waals surface area contributed by atoms with Gasteiger partial charge in [0.05, 0.1) is 18.2 Å². The Balaban J connectivity index is 2.38. The average molecular weight is 265 g/mol. The third-order valence-electron chi connectivity index (χ3n) is 3.48. The standard InChI is InChI=1S/C17H15NO2/c1-12-7-6-10-15-16(13-8-4-3-5-9-13)14(11-18(12)15)17(19)20-2/h3-11H,1-2H3. The van der Waals surface area contributed by atoms with Crippen LogP contribution in [0.2, 0.25) is 0 Å². The Kier molecular flexibility index (Phi) is 3.03. The molecule has 0 saturated heterocycles. The second-order valence-electron chi connectivity index (χ2n) is 4.70. The summed E-state index contributed by atoms with van der Waals surface area (Å²) >= 11 is 0. The molecule has 1 aromatic carbocycles. The number of aromatic nitrogens is 1. The van der Waals surface area contributed by atoms with E-state index in [9.17, 15) is 4.79 Å². The van der Waals surface area contributed by atoms with Gasteiger partial charge < -0.3 is 9.14 Å². The first-order valence-corrected chi connectivity index (χ1v) is 6.47. The molecule has 0 unspecified atom stereocenters. The Bertz CT molecular complexity index is 772. The summed E-state index contributed by atoms with van der Waals surface area (Å²) in [5, 5.41) is 0. The van der Waals surface area contributed by atoms with Crippen LogP contribution in [0.3, 0.4) is 0 Å². The molecule has 0 aliphatic carbocycles. The Morgan fingerprint density at radius 1 is 1.05 bits per heavy atom. The fourth-order valence-electron chi connectivity index (χ4n) is 2.51. The van der Waals surface area contributed by atoms with Crippen LogP contribution in [0.4, 0.5) is 0 Å². The van der Waals surface area contributed by atoms with Crippen LogP contribution in [0.25, 0.3) is 16.6 Å². The van der Waals surface area contributed by atoms with Crippen molar-refractivity contribution in [1.29, 1.82) is 0 Å². The number of aryl methyl sites for hydroxylation is 1. The van der Waals surface area contributed by atoms with Crippen molar-refractivity contribution in [3.05, 3.63) is 66.0 Å². The van der Waals surface area contributed by atoms with Crippen molar-refractivity contribution in [2.45, 2.75) is 6.92 Å². The van der Waals surface area contributed by atoms with Gasteiger partial charge >= 0.3 is 5.97 Å². The molecule has 2 aromatic heterocycles. The van der Waals surface area contributed by atoms with Crippen LogP contribution in [0.1, 0.15) is 16.1 Å². The van der Waals surface area contributed by atoms with Gasteiger partial charge in [-0.2, -0.15) is 0 Å². The molecule has 2 heterocycles. The quantitative estimate of drug-likeness (QED) is 0.661. The summed E-state index contributed by atoms with van der Waals surface area (Å²) in [4.78, 5) is 12.1. The number of carbonyl (C=O) groups excluding carboxylic acids is 1. The molecule has 0 amide bonds. The molecule has 0 aliphatic rings. The number of hydrogen-bond acceptors (Lipinski definition) is 2. The molecule has 0 aliphatic heterocycles. The number of ether oxygens (including phenoxy) is 1. The van der Waals surface area contributed by atoms with Crippen molar-refractivity contribution in [2.24, 2.45) is 0 Å². The zero-order valence-corrected chi connectivity index (χ0v) is 11.5. The van der Waals surface area contributed by atoms with Gasteiger partial charge in [-0.25, -0.2) is 4.79 Å². The molecule has 0 atom stereocenters. The maximum atomic E-state index is 12.1. The lowest BCUT2D eigenvalue weighted by Crippen LogP contribution is -2.01. The van der Waals surface area contributed by atoms with Crippen molar-refractivity contribution in [3.63, 3.8) is 0 Å². The topological polar surface area (TPSA) is 30.7 Å². The van der Waals surface area contributed by atoms with Gasteiger partial charge in [0.25, 0.3) is 0 Å². The van der Waals surface area contributed by atoms with Crippen molar-refractivity contribution in [1.82, 2.24) is 4.40 Å². The monoisotopic (exact) mass is 265 g/mol. The van der Waals surface area contributed by atoms with Gasteiger partial charge in [-0.3, -0.25) is 0 Å². The number of carbonyl (C=O) groups is 1. The highest BCUT2D eigenvalue weighted by Gasteiger charge is 2.19. The van der Waals surface area contributed by atoms with E-state index in [0.717, 1.165) is 22.3 Å². The van der Waals surface area contributed by atoms with E-state index in [2.05, 4.69) is 0 Å². The van der Waals surface area contributed by atoms with Gasteiger partial charge in [-0.15, -0.1) is 0 Å². The lowest BCUT2D eigenvalue weighted by molar-refractivity contribution is 0.0601. The molecule has 100 valence electrons. The molecule has 0 bridgehead atoms. The molecule has 0 saturated carbocycles. The number of fused-ring (bicyclic) bond motifs is 1. The first-order chi connectivity index (χ1) is 9.72. The highest BCUT2D eigenvalue weighted by Crippen LogP contribution is 2.31. The van der Waals surface area contributed by atoms with E-state index >= 15 is 0 Å². The Labute approximate surface area is 117 Å². The predicted octanol–water partition coefficient (Wildman–Crippen LogP) is 3.70. The van der Waals surface area contributed by atoms with Crippen LogP contribution in [-0.2, 0) is 4.74 Å². The Morgan fingerprint density at radius 3 is 2.50 bits per heavy atom. The summed E-state index contributed by atoms with van der Waals surface area (Å²) < 4.78 is 6.94. The summed E-state index contributed by atoms with van der Waals surface area (Å²) in [5.41, 5.74) is 4.61. The summed E-state index contributed by atoms with van der Waals surface area (Å²) in [5.74, 6) is -0.313. The fraction of sp³-hybridized carbons (Fsp3) is 0.118. The third kappa shape index (κ3) is 1.88. The predicted molar refractivity (Wildman–Crippen MR) is 78.9 cm³/mol. The fourth-order valence-corrected chi connectivity index (χ4v) is 2.51. The van der Waals surface area contributed by atoms with Crippen LogP contribution < -0.4 is 0 Å². The SMILES string of the molecule is COC(=O)c1cn2c(C)cccc2c1-c1ccccc1. The van der Waals surface area contributed by atoms with Crippen LogP contribution in [0.15, 0.2) is 54.7 Å². The van der Waals surface area contributed by atoms with Crippen molar-refractivity contribution in [2.75, 3.05) is 7.11 Å². The van der Waals surface area contributed by atoms with Gasteiger partial charge in [0.15, 0.2) is 0 Å². The molecular formula is C17H15NO2. The third-order valence-corrected chi connectivity index (χ3v) is 3.48. The second kappa shape index (κ2) is 4.85. The van der Waals surface area contributed by atoms with Gasteiger partial charge in [-0.1, -0.05) is 36.4 Å². The summed E-state index contributed by atoms with van der Waals surface area (Å²) in [7, 11) is 1.41. The van der Waals surface area contributed by atoms with Crippen LogP contribution in [-0.4, -0.2) is 17.5 Å². The lowest BCUT2D eigenvalue weighted by Gasteiger charge is -2.04. The molecule has 3 heteroatoms. The van der Waals surface area contributed by atoms with E-state index < -0.39 is 0 Å². The van der Waals surface area contributed by atoms with E-state index in [4.69, 9.17) is 4.74 Å². The van der Waals surface area contributed by atoms with Crippen molar-refractivity contribution >= 4 is 11.5 Å². The van der Waals surface area contributed by atoms with E-state index in [1.54, 1.807) is 0 Å².